The molecule has 1 aliphatic heterocycles. The molecule has 0 unspecified atom stereocenters. The third kappa shape index (κ3) is 8.02. The number of rotatable bonds is 12. The fourth-order valence-electron chi connectivity index (χ4n) is 5.27. The van der Waals surface area contributed by atoms with Gasteiger partial charge in [0.25, 0.3) is 11.8 Å². The lowest BCUT2D eigenvalue weighted by molar-refractivity contribution is -0.158. The van der Waals surface area contributed by atoms with Crippen LogP contribution in [0.3, 0.4) is 0 Å². The van der Waals surface area contributed by atoms with Crippen LogP contribution >= 0.6 is 0 Å². The van der Waals surface area contributed by atoms with Gasteiger partial charge in [0.15, 0.2) is 0 Å². The van der Waals surface area contributed by atoms with Gasteiger partial charge in [0.2, 0.25) is 5.91 Å². The first-order chi connectivity index (χ1) is 20.7. The summed E-state index contributed by atoms with van der Waals surface area (Å²) in [4.78, 5) is 56.7. The Hall–Kier alpha value is -4.24. The minimum absolute atomic E-state index is 0.00611. The van der Waals surface area contributed by atoms with Crippen molar-refractivity contribution in [2.24, 2.45) is 5.92 Å². The van der Waals surface area contributed by atoms with Gasteiger partial charge in [0, 0.05) is 32.9 Å². The highest BCUT2D eigenvalue weighted by Gasteiger charge is 2.37. The molecule has 0 radical (unpaired) electrons. The third-order valence-corrected chi connectivity index (χ3v) is 7.52. The van der Waals surface area contributed by atoms with Gasteiger partial charge < -0.3 is 15.0 Å². The Labute approximate surface area is 259 Å². The SMILES string of the molecule is CC(C)C[C@H](N[C@H](CCN1C(=O)c2cc3ccccc3cc2C1=O)C(=O)OC(C)(C)C)C(=O)NCc1ccc(N(C)C)cc1. The van der Waals surface area contributed by atoms with E-state index in [0.29, 0.717) is 24.1 Å². The molecule has 3 aromatic carbocycles. The third-order valence-electron chi connectivity index (χ3n) is 7.52. The molecule has 0 saturated heterocycles. The summed E-state index contributed by atoms with van der Waals surface area (Å²) in [6, 6.07) is 17.4. The van der Waals surface area contributed by atoms with Gasteiger partial charge in [-0.3, -0.25) is 29.4 Å². The van der Waals surface area contributed by atoms with Crippen molar-refractivity contribution in [1.29, 1.82) is 0 Å². The zero-order valence-electron chi connectivity index (χ0n) is 26.8. The van der Waals surface area contributed by atoms with E-state index in [1.807, 2.05) is 81.4 Å². The lowest BCUT2D eigenvalue weighted by atomic mass is 10.0. The first-order valence-corrected chi connectivity index (χ1v) is 15.2. The maximum absolute atomic E-state index is 13.4. The second kappa shape index (κ2) is 13.6. The lowest BCUT2D eigenvalue weighted by Gasteiger charge is -2.29. The van der Waals surface area contributed by atoms with Crippen LogP contribution < -0.4 is 15.5 Å². The minimum Gasteiger partial charge on any atom is -0.459 e. The van der Waals surface area contributed by atoms with Crippen LogP contribution in [-0.4, -0.2) is 66.9 Å². The molecule has 0 aliphatic carbocycles. The number of ether oxygens (including phenoxy) is 1. The highest BCUT2D eigenvalue weighted by Crippen LogP contribution is 2.28. The fourth-order valence-corrected chi connectivity index (χ4v) is 5.27. The molecule has 2 atom stereocenters. The monoisotopic (exact) mass is 600 g/mol. The number of nitrogens with one attached hydrogen (secondary N) is 2. The van der Waals surface area contributed by atoms with Crippen molar-refractivity contribution in [3.05, 3.63) is 77.4 Å². The summed E-state index contributed by atoms with van der Waals surface area (Å²) in [5, 5.41) is 7.97. The number of hydrogen-bond acceptors (Lipinski definition) is 7. The zero-order valence-corrected chi connectivity index (χ0v) is 26.8. The Balaban J connectivity index is 1.50. The number of esters is 1. The number of carbonyl (C=O) groups is 4. The summed E-state index contributed by atoms with van der Waals surface area (Å²) in [5.41, 5.74) is 1.96. The van der Waals surface area contributed by atoms with E-state index in [0.717, 1.165) is 22.0 Å². The van der Waals surface area contributed by atoms with E-state index in [1.54, 1.807) is 32.9 Å². The molecular formula is C35H44N4O5. The second-order valence-corrected chi connectivity index (χ2v) is 13.0. The quantitative estimate of drug-likeness (QED) is 0.224. The van der Waals surface area contributed by atoms with E-state index in [1.165, 1.54) is 4.90 Å². The first-order valence-electron chi connectivity index (χ1n) is 15.2. The van der Waals surface area contributed by atoms with Gasteiger partial charge in [-0.25, -0.2) is 0 Å². The van der Waals surface area contributed by atoms with E-state index in [9.17, 15) is 19.2 Å². The van der Waals surface area contributed by atoms with Gasteiger partial charge >= 0.3 is 5.97 Å². The predicted octanol–water partition coefficient (Wildman–Crippen LogP) is 4.92. The molecule has 4 rings (SSSR count). The molecule has 0 bridgehead atoms. The van der Waals surface area contributed by atoms with Crippen LogP contribution in [0.2, 0.25) is 0 Å². The summed E-state index contributed by atoms with van der Waals surface area (Å²) >= 11 is 0. The molecule has 0 saturated carbocycles. The summed E-state index contributed by atoms with van der Waals surface area (Å²) in [6.45, 7) is 9.67. The molecule has 0 aromatic heterocycles. The number of benzene rings is 3. The molecule has 0 spiro atoms. The molecule has 3 aromatic rings. The second-order valence-electron chi connectivity index (χ2n) is 13.0. The first kappa shape index (κ1) is 32.7. The molecule has 9 nitrogen and oxygen atoms in total. The number of amides is 3. The van der Waals surface area contributed by atoms with Crippen molar-refractivity contribution >= 4 is 40.2 Å². The van der Waals surface area contributed by atoms with Crippen LogP contribution in [0.1, 0.15) is 73.7 Å². The largest absolute Gasteiger partial charge is 0.459 e. The maximum atomic E-state index is 13.4. The Morgan fingerprint density at radius 2 is 1.45 bits per heavy atom. The fraction of sp³-hybridized carbons (Fsp3) is 0.429. The zero-order chi connectivity index (χ0) is 32.2. The van der Waals surface area contributed by atoms with Gasteiger partial charge in [-0.15, -0.1) is 0 Å². The van der Waals surface area contributed by atoms with E-state index in [-0.39, 0.29) is 24.8 Å². The summed E-state index contributed by atoms with van der Waals surface area (Å²) in [7, 11) is 3.94. The van der Waals surface area contributed by atoms with Crippen molar-refractivity contribution in [2.75, 3.05) is 25.5 Å². The standard InChI is InChI=1S/C35H44N4O5/c1-22(2)18-30(31(40)36-21-23-12-14-26(15-13-23)38(6)7)37-29(34(43)44-35(3,4)5)16-17-39-32(41)27-19-24-10-8-9-11-25(24)20-28(27)33(39)42/h8-15,19-20,22,29-30,37H,16-18,21H2,1-7H3,(H,36,40)/t29-,30+/m1/s1. The van der Waals surface area contributed by atoms with Crippen LogP contribution in [0.25, 0.3) is 10.8 Å². The average molecular weight is 601 g/mol. The minimum atomic E-state index is -0.925. The molecule has 44 heavy (non-hydrogen) atoms. The van der Waals surface area contributed by atoms with Gasteiger partial charge in [0.05, 0.1) is 17.2 Å². The molecule has 1 aliphatic rings. The molecule has 9 heteroatoms. The summed E-state index contributed by atoms with van der Waals surface area (Å²) in [6.07, 6.45) is 0.568. The van der Waals surface area contributed by atoms with Gasteiger partial charge in [-0.05, 0) is 80.1 Å². The molecule has 1 heterocycles. The van der Waals surface area contributed by atoms with E-state index in [4.69, 9.17) is 4.74 Å². The van der Waals surface area contributed by atoms with Crippen molar-refractivity contribution in [3.63, 3.8) is 0 Å². The van der Waals surface area contributed by atoms with Crippen molar-refractivity contribution < 1.29 is 23.9 Å². The van der Waals surface area contributed by atoms with Crippen molar-refractivity contribution in [2.45, 2.75) is 71.7 Å². The van der Waals surface area contributed by atoms with E-state index < -0.39 is 35.5 Å². The molecule has 3 amide bonds. The Morgan fingerprint density at radius 1 is 0.886 bits per heavy atom. The van der Waals surface area contributed by atoms with Crippen LogP contribution in [-0.2, 0) is 20.9 Å². The van der Waals surface area contributed by atoms with Crippen LogP contribution in [0, 0.1) is 5.92 Å². The van der Waals surface area contributed by atoms with Gasteiger partial charge in [-0.2, -0.15) is 0 Å². The predicted molar refractivity (Wildman–Crippen MR) is 173 cm³/mol. The van der Waals surface area contributed by atoms with Crippen LogP contribution in [0.4, 0.5) is 5.69 Å². The number of nitrogens with zero attached hydrogens (tertiary/aromatic N) is 2. The smallest absolute Gasteiger partial charge is 0.323 e. The van der Waals surface area contributed by atoms with Crippen LogP contribution in [0.15, 0.2) is 60.7 Å². The molecule has 0 fully saturated rings. The maximum Gasteiger partial charge on any atom is 0.323 e. The van der Waals surface area contributed by atoms with E-state index >= 15 is 0 Å². The highest BCUT2D eigenvalue weighted by molar-refractivity contribution is 6.23. The number of anilines is 1. The van der Waals surface area contributed by atoms with Crippen molar-refractivity contribution in [3.8, 4) is 0 Å². The van der Waals surface area contributed by atoms with Gasteiger partial charge in [-0.1, -0.05) is 50.2 Å². The normalized spacial score (nSPS) is 14.5. The molecule has 234 valence electrons. The van der Waals surface area contributed by atoms with Gasteiger partial charge in [0.1, 0.15) is 11.6 Å². The lowest BCUT2D eigenvalue weighted by Crippen LogP contribution is -2.53. The number of fused-ring (bicyclic) bond motifs is 2. The van der Waals surface area contributed by atoms with E-state index in [2.05, 4.69) is 10.6 Å². The van der Waals surface area contributed by atoms with Crippen LogP contribution in [0.5, 0.6) is 0 Å². The highest BCUT2D eigenvalue weighted by atomic mass is 16.6. The number of carbonyl (C=O) groups excluding carboxylic acids is 4. The molecule has 2 N–H and O–H groups in total. The Morgan fingerprint density at radius 3 is 1.95 bits per heavy atom. The topological polar surface area (TPSA) is 108 Å². The van der Waals surface area contributed by atoms with Crippen molar-refractivity contribution in [1.82, 2.24) is 15.5 Å². The Bertz CT molecular complexity index is 1470. The number of imide groups is 1. The summed E-state index contributed by atoms with van der Waals surface area (Å²) in [5.74, 6) is -1.41. The number of hydrogen-bond donors (Lipinski definition) is 2. The summed E-state index contributed by atoms with van der Waals surface area (Å²) < 4.78 is 5.70. The molecular weight excluding hydrogens is 556 g/mol. The average Bonchev–Trinajstić information content (AvgIpc) is 3.19. The Kier molecular flexibility index (Phi) is 10.1.